The Balaban J connectivity index is 2.06. The van der Waals surface area contributed by atoms with E-state index in [-0.39, 0.29) is 5.91 Å². The van der Waals surface area contributed by atoms with Crippen molar-refractivity contribution in [1.29, 1.82) is 5.26 Å². The molecular weight excluding hydrogens is 259 g/mol. The highest BCUT2D eigenvalue weighted by Gasteiger charge is 2.68. The number of halogens is 2. The fourth-order valence-electron chi connectivity index (χ4n) is 2.42. The van der Waals surface area contributed by atoms with E-state index < -0.39 is 15.3 Å². The molecule has 0 aromatic carbocycles. The molecule has 0 heterocycles. The molecule has 0 bridgehead atoms. The molecule has 2 fully saturated rings. The molecule has 1 atom stereocenters. The average molecular weight is 275 g/mol. The van der Waals surface area contributed by atoms with Gasteiger partial charge in [0, 0.05) is 0 Å². The lowest BCUT2D eigenvalue weighted by molar-refractivity contribution is -0.127. The second-order valence-electron chi connectivity index (χ2n) is 5.42. The minimum absolute atomic E-state index is 0.189. The Hall–Kier alpha value is -0.460. The summed E-state index contributed by atoms with van der Waals surface area (Å²) < 4.78 is -0.970. The van der Waals surface area contributed by atoms with E-state index >= 15 is 0 Å². The van der Waals surface area contributed by atoms with E-state index in [0.29, 0.717) is 6.42 Å². The van der Waals surface area contributed by atoms with E-state index in [1.807, 2.05) is 0 Å². The topological polar surface area (TPSA) is 52.9 Å². The van der Waals surface area contributed by atoms with Crippen LogP contribution in [0.25, 0.3) is 0 Å². The number of alkyl halides is 2. The van der Waals surface area contributed by atoms with Crippen LogP contribution >= 0.6 is 23.2 Å². The van der Waals surface area contributed by atoms with Gasteiger partial charge < -0.3 is 5.32 Å². The molecule has 1 unspecified atom stereocenters. The third-order valence-corrected chi connectivity index (χ3v) is 5.13. The monoisotopic (exact) mass is 274 g/mol. The summed E-state index contributed by atoms with van der Waals surface area (Å²) in [7, 11) is 0. The maximum Gasteiger partial charge on any atom is 0.230 e. The van der Waals surface area contributed by atoms with Gasteiger partial charge in [0.05, 0.1) is 11.5 Å². The van der Waals surface area contributed by atoms with Gasteiger partial charge in [-0.05, 0) is 26.2 Å². The third kappa shape index (κ3) is 2.13. The van der Waals surface area contributed by atoms with Gasteiger partial charge in [0.1, 0.15) is 9.87 Å². The minimum Gasteiger partial charge on any atom is -0.337 e. The smallest absolute Gasteiger partial charge is 0.230 e. The quantitative estimate of drug-likeness (QED) is 0.788. The van der Waals surface area contributed by atoms with Crippen molar-refractivity contribution in [3.05, 3.63) is 0 Å². The van der Waals surface area contributed by atoms with Gasteiger partial charge in [-0.15, -0.1) is 23.2 Å². The van der Waals surface area contributed by atoms with Crippen LogP contribution in [0.2, 0.25) is 0 Å². The standard InChI is InChI=1S/C12H16Cl2N2O/c1-10(7-12(10,13)14)9(17)16-11(8-15)5-3-2-4-6-11/h2-7H2,1H3,(H,16,17). The Morgan fingerprint density at radius 3 is 2.24 bits per heavy atom. The second kappa shape index (κ2) is 4.03. The number of carbonyl (C=O) groups excluding carboxylic acids is 1. The van der Waals surface area contributed by atoms with Crippen molar-refractivity contribution >= 4 is 29.1 Å². The van der Waals surface area contributed by atoms with Crippen molar-refractivity contribution in [2.75, 3.05) is 0 Å². The lowest BCUT2D eigenvalue weighted by Crippen LogP contribution is -2.51. The molecule has 2 aliphatic carbocycles. The first kappa shape index (κ1) is 13.0. The van der Waals surface area contributed by atoms with E-state index in [1.165, 1.54) is 0 Å². The number of carbonyl (C=O) groups is 1. The highest BCUT2D eigenvalue weighted by atomic mass is 35.5. The molecule has 17 heavy (non-hydrogen) atoms. The van der Waals surface area contributed by atoms with E-state index in [4.69, 9.17) is 23.2 Å². The SMILES string of the molecule is CC1(C(=O)NC2(C#N)CCCCC2)CC1(Cl)Cl. The zero-order valence-corrected chi connectivity index (χ0v) is 11.4. The summed E-state index contributed by atoms with van der Waals surface area (Å²) in [5.41, 5.74) is -1.44. The molecule has 94 valence electrons. The average Bonchev–Trinajstić information content (AvgIpc) is 2.81. The van der Waals surface area contributed by atoms with Crippen LogP contribution in [0.4, 0.5) is 0 Å². The van der Waals surface area contributed by atoms with Gasteiger partial charge in [-0.25, -0.2) is 0 Å². The Kier molecular flexibility index (Phi) is 3.08. The number of nitrogens with zero attached hydrogens (tertiary/aromatic N) is 1. The lowest BCUT2D eigenvalue weighted by Gasteiger charge is -2.32. The zero-order chi connectivity index (χ0) is 12.7. The molecular formula is C12H16Cl2N2O. The maximum atomic E-state index is 12.1. The first-order chi connectivity index (χ1) is 7.85. The lowest BCUT2D eigenvalue weighted by atomic mass is 9.82. The molecule has 0 aliphatic heterocycles. The molecule has 5 heteroatoms. The molecule has 2 rings (SSSR count). The van der Waals surface area contributed by atoms with Crippen LogP contribution in [0.15, 0.2) is 0 Å². The van der Waals surface area contributed by atoms with Crippen molar-refractivity contribution in [2.45, 2.75) is 55.3 Å². The minimum atomic E-state index is -0.970. The molecule has 0 aromatic rings. The number of amides is 1. The first-order valence-corrected chi connectivity index (χ1v) is 6.73. The van der Waals surface area contributed by atoms with Crippen molar-refractivity contribution in [1.82, 2.24) is 5.32 Å². The summed E-state index contributed by atoms with van der Waals surface area (Å²) in [6.07, 6.45) is 5.00. The normalized spacial score (nSPS) is 33.5. The summed E-state index contributed by atoms with van der Waals surface area (Å²) in [6.45, 7) is 1.75. The van der Waals surface area contributed by atoms with Gasteiger partial charge in [0.2, 0.25) is 5.91 Å². The number of rotatable bonds is 2. The zero-order valence-electron chi connectivity index (χ0n) is 9.85. The van der Waals surface area contributed by atoms with Gasteiger partial charge in [-0.2, -0.15) is 5.26 Å². The highest BCUT2D eigenvalue weighted by Crippen LogP contribution is 2.64. The van der Waals surface area contributed by atoms with Crippen LogP contribution in [0, 0.1) is 16.7 Å². The van der Waals surface area contributed by atoms with Crippen LogP contribution in [0.1, 0.15) is 45.4 Å². The Labute approximate surface area is 111 Å². The fourth-order valence-corrected chi connectivity index (χ4v) is 3.13. The van der Waals surface area contributed by atoms with E-state index in [2.05, 4.69) is 11.4 Å². The molecule has 0 aromatic heterocycles. The fraction of sp³-hybridized carbons (Fsp3) is 0.833. The summed E-state index contributed by atoms with van der Waals surface area (Å²) in [4.78, 5) is 12.1. The second-order valence-corrected chi connectivity index (χ2v) is 6.91. The Morgan fingerprint density at radius 2 is 1.82 bits per heavy atom. The van der Waals surface area contributed by atoms with Gasteiger partial charge in [-0.3, -0.25) is 4.79 Å². The van der Waals surface area contributed by atoms with Gasteiger partial charge in [0.25, 0.3) is 0 Å². The number of nitriles is 1. The summed E-state index contributed by atoms with van der Waals surface area (Å²) in [5.74, 6) is -0.189. The summed E-state index contributed by atoms with van der Waals surface area (Å²) in [5, 5.41) is 12.1. The molecule has 2 aliphatic rings. The highest BCUT2D eigenvalue weighted by molar-refractivity contribution is 6.53. The van der Waals surface area contributed by atoms with Gasteiger partial charge in [-0.1, -0.05) is 19.3 Å². The van der Waals surface area contributed by atoms with Gasteiger partial charge >= 0.3 is 0 Å². The van der Waals surface area contributed by atoms with Crippen LogP contribution < -0.4 is 5.32 Å². The van der Waals surface area contributed by atoms with Crippen molar-refractivity contribution < 1.29 is 4.79 Å². The number of nitrogens with one attached hydrogen (secondary N) is 1. The van der Waals surface area contributed by atoms with Gasteiger partial charge in [0.15, 0.2) is 0 Å². The van der Waals surface area contributed by atoms with Crippen molar-refractivity contribution in [2.24, 2.45) is 5.41 Å². The molecule has 0 saturated heterocycles. The predicted molar refractivity (Wildman–Crippen MR) is 66.7 cm³/mol. The van der Waals surface area contributed by atoms with Crippen LogP contribution in [-0.2, 0) is 4.79 Å². The van der Waals surface area contributed by atoms with E-state index in [9.17, 15) is 10.1 Å². The van der Waals surface area contributed by atoms with Crippen LogP contribution in [0.5, 0.6) is 0 Å². The molecule has 2 saturated carbocycles. The molecule has 1 amide bonds. The van der Waals surface area contributed by atoms with Crippen LogP contribution in [-0.4, -0.2) is 15.8 Å². The largest absolute Gasteiger partial charge is 0.337 e. The first-order valence-electron chi connectivity index (χ1n) is 5.97. The predicted octanol–water partition coefficient (Wildman–Crippen LogP) is 2.91. The van der Waals surface area contributed by atoms with Crippen LogP contribution in [0.3, 0.4) is 0 Å². The molecule has 0 radical (unpaired) electrons. The number of hydrogen-bond donors (Lipinski definition) is 1. The summed E-state index contributed by atoms with van der Waals surface area (Å²) >= 11 is 11.9. The molecule has 3 nitrogen and oxygen atoms in total. The maximum absolute atomic E-state index is 12.1. The third-order valence-electron chi connectivity index (χ3n) is 4.03. The summed E-state index contributed by atoms with van der Waals surface area (Å²) in [6, 6.07) is 2.26. The van der Waals surface area contributed by atoms with E-state index in [1.54, 1.807) is 6.92 Å². The number of hydrogen-bond acceptors (Lipinski definition) is 2. The molecule has 1 N–H and O–H groups in total. The van der Waals surface area contributed by atoms with Crippen molar-refractivity contribution in [3.8, 4) is 6.07 Å². The van der Waals surface area contributed by atoms with E-state index in [0.717, 1.165) is 32.1 Å². The Morgan fingerprint density at radius 1 is 1.29 bits per heavy atom. The Bertz CT molecular complexity index is 382. The molecule has 0 spiro atoms. The van der Waals surface area contributed by atoms with Crippen molar-refractivity contribution in [3.63, 3.8) is 0 Å².